The largest absolute Gasteiger partial charge is 0.351 e. The minimum absolute atomic E-state index is 0.00295. The number of hydrogen-bond donors (Lipinski definition) is 1. The first-order valence-electron chi connectivity index (χ1n) is 14.9. The molecule has 0 saturated heterocycles. The van der Waals surface area contributed by atoms with Crippen LogP contribution in [-0.4, -0.2) is 42.9 Å². The molecule has 0 aliphatic carbocycles. The molecule has 0 saturated carbocycles. The summed E-state index contributed by atoms with van der Waals surface area (Å²) >= 11 is 1.52. The molecule has 0 aromatic heterocycles. The quantitative estimate of drug-likeness (QED) is 0.217. The average molecular weight is 570 g/mol. The Balaban J connectivity index is 1.56. The molecule has 41 heavy (non-hydrogen) atoms. The molecule has 3 aromatic rings. The lowest BCUT2D eigenvalue weighted by molar-refractivity contribution is -0.114. The molecule has 2 amide bonds. The van der Waals surface area contributed by atoms with E-state index >= 15 is 0 Å². The second-order valence-corrected chi connectivity index (χ2v) is 11.8. The van der Waals surface area contributed by atoms with E-state index in [0.717, 1.165) is 72.6 Å². The summed E-state index contributed by atoms with van der Waals surface area (Å²) in [5.74, 6) is -0.0425. The number of benzene rings is 3. The van der Waals surface area contributed by atoms with Crippen LogP contribution in [0.25, 0.3) is 6.08 Å². The first-order valence-corrected chi connectivity index (χ1v) is 15.7. The van der Waals surface area contributed by atoms with E-state index in [1.807, 2.05) is 53.4 Å². The molecule has 0 atom stereocenters. The number of rotatable bonds is 13. The lowest BCUT2D eigenvalue weighted by Gasteiger charge is -2.30. The molecule has 0 bridgehead atoms. The van der Waals surface area contributed by atoms with Crippen molar-refractivity contribution in [3.63, 3.8) is 0 Å². The molecule has 1 heterocycles. The molecule has 4 rings (SSSR count). The molecular weight excluding hydrogens is 526 g/mol. The first-order chi connectivity index (χ1) is 19.9. The van der Waals surface area contributed by atoms with E-state index < -0.39 is 0 Å². The normalized spacial score (nSPS) is 14.0. The predicted octanol–water partition coefficient (Wildman–Crippen LogP) is 7.48. The van der Waals surface area contributed by atoms with Crippen molar-refractivity contribution in [2.24, 2.45) is 0 Å². The molecule has 0 radical (unpaired) electrons. The Labute approximate surface area is 250 Å². The van der Waals surface area contributed by atoms with Crippen LogP contribution in [0.2, 0.25) is 0 Å². The Morgan fingerprint density at radius 3 is 2.44 bits per heavy atom. The number of thioether (sulfide) groups is 1. The van der Waals surface area contributed by atoms with Crippen LogP contribution in [-0.2, 0) is 17.8 Å². The van der Waals surface area contributed by atoms with Crippen molar-refractivity contribution < 1.29 is 9.59 Å². The Bertz CT molecular complexity index is 1380. The minimum Gasteiger partial charge on any atom is -0.351 e. The zero-order chi connectivity index (χ0) is 29.2. The molecule has 1 aliphatic heterocycles. The van der Waals surface area contributed by atoms with Crippen LogP contribution < -0.4 is 10.2 Å². The molecule has 5 nitrogen and oxygen atoms in total. The van der Waals surface area contributed by atoms with Gasteiger partial charge in [-0.2, -0.15) is 0 Å². The molecule has 0 spiro atoms. The van der Waals surface area contributed by atoms with E-state index in [-0.39, 0.29) is 11.8 Å². The van der Waals surface area contributed by atoms with Crippen molar-refractivity contribution in [3.05, 3.63) is 99.5 Å². The van der Waals surface area contributed by atoms with Gasteiger partial charge < -0.3 is 15.1 Å². The number of carbonyl (C=O) groups excluding carboxylic acids is 2. The Kier molecular flexibility index (Phi) is 11.2. The highest BCUT2D eigenvalue weighted by atomic mass is 32.2. The second-order valence-electron chi connectivity index (χ2n) is 10.7. The van der Waals surface area contributed by atoms with Gasteiger partial charge in [-0.3, -0.25) is 9.59 Å². The summed E-state index contributed by atoms with van der Waals surface area (Å²) in [6.45, 7) is 12.7. The number of aryl methyl sites for hydroxylation is 2. The van der Waals surface area contributed by atoms with E-state index in [1.54, 1.807) is 0 Å². The van der Waals surface area contributed by atoms with Gasteiger partial charge in [-0.1, -0.05) is 87.0 Å². The predicted molar refractivity (Wildman–Crippen MR) is 172 cm³/mol. The summed E-state index contributed by atoms with van der Waals surface area (Å²) in [5.41, 5.74) is 5.97. The van der Waals surface area contributed by atoms with Crippen molar-refractivity contribution in [3.8, 4) is 0 Å². The number of nitrogens with zero attached hydrogens (tertiary/aromatic N) is 2. The van der Waals surface area contributed by atoms with Crippen molar-refractivity contribution in [2.45, 2.75) is 64.8 Å². The van der Waals surface area contributed by atoms with Gasteiger partial charge in [0.1, 0.15) is 0 Å². The van der Waals surface area contributed by atoms with Crippen LogP contribution in [0.5, 0.6) is 0 Å². The smallest absolute Gasteiger partial charge is 0.265 e. The van der Waals surface area contributed by atoms with E-state index in [9.17, 15) is 9.59 Å². The second kappa shape index (κ2) is 15.0. The average Bonchev–Trinajstić information content (AvgIpc) is 2.96. The van der Waals surface area contributed by atoms with E-state index in [2.05, 4.69) is 62.2 Å². The number of anilines is 1. The van der Waals surface area contributed by atoms with Gasteiger partial charge in [0.2, 0.25) is 0 Å². The molecule has 6 heteroatoms. The molecule has 216 valence electrons. The summed E-state index contributed by atoms with van der Waals surface area (Å²) < 4.78 is 0. The third-order valence-corrected chi connectivity index (χ3v) is 8.34. The molecule has 1 N–H and O–H groups in total. The maximum absolute atomic E-state index is 13.9. The topological polar surface area (TPSA) is 52.7 Å². The Morgan fingerprint density at radius 2 is 1.71 bits per heavy atom. The summed E-state index contributed by atoms with van der Waals surface area (Å²) in [6.07, 6.45) is 6.02. The molecule has 1 aliphatic rings. The third-order valence-electron chi connectivity index (χ3n) is 7.26. The first kappa shape index (κ1) is 30.6. The third kappa shape index (κ3) is 8.11. The van der Waals surface area contributed by atoms with Crippen molar-refractivity contribution in [2.75, 3.05) is 31.1 Å². The van der Waals surface area contributed by atoms with Crippen LogP contribution in [0.15, 0.2) is 76.5 Å². The van der Waals surface area contributed by atoms with Gasteiger partial charge in [-0.25, -0.2) is 0 Å². The van der Waals surface area contributed by atoms with Crippen LogP contribution >= 0.6 is 11.8 Å². The van der Waals surface area contributed by atoms with Gasteiger partial charge in [0, 0.05) is 23.5 Å². The summed E-state index contributed by atoms with van der Waals surface area (Å²) in [4.78, 5) is 32.9. The Hall–Kier alpha value is -3.35. The van der Waals surface area contributed by atoms with Gasteiger partial charge in [0.25, 0.3) is 11.8 Å². The van der Waals surface area contributed by atoms with Crippen LogP contribution in [0.1, 0.15) is 72.6 Å². The monoisotopic (exact) mass is 569 g/mol. The number of nitrogens with one attached hydrogen (secondary N) is 1. The van der Waals surface area contributed by atoms with Gasteiger partial charge in [-0.15, -0.1) is 0 Å². The summed E-state index contributed by atoms with van der Waals surface area (Å²) in [7, 11) is 0. The number of para-hydroxylation sites is 1. The Morgan fingerprint density at radius 1 is 0.927 bits per heavy atom. The fraction of sp³-hybridized carbons (Fsp3) is 0.371. The maximum Gasteiger partial charge on any atom is 0.265 e. The highest BCUT2D eigenvalue weighted by molar-refractivity contribution is 8.04. The SMILES string of the molecule is CCCc1cc(C(=O)NCCN(CCC)CCC)ccc1/C=C1/Sc2ccccc2N(Cc2cccc(C)c2)C1=O. The zero-order valence-corrected chi connectivity index (χ0v) is 25.7. The van der Waals surface area contributed by atoms with E-state index in [1.165, 1.54) is 17.3 Å². The van der Waals surface area contributed by atoms with Gasteiger partial charge in [0.15, 0.2) is 0 Å². The molecular formula is C35H43N3O2S. The standard InChI is InChI=1S/C35H43N3O2S/c1-5-11-28-23-30(34(39)36-18-21-37(19-6-2)20-7-3)17-16-29(28)24-33-35(40)38(25-27-13-10-12-26(4)22-27)31-14-8-9-15-32(31)41-33/h8-10,12-17,22-24H,5-7,11,18-21,25H2,1-4H3,(H,36,39)/b33-24+. The van der Waals surface area contributed by atoms with E-state index in [0.29, 0.717) is 23.6 Å². The fourth-order valence-corrected chi connectivity index (χ4v) is 6.37. The summed E-state index contributed by atoms with van der Waals surface area (Å²) in [5, 5.41) is 3.11. The van der Waals surface area contributed by atoms with Crippen LogP contribution in [0.4, 0.5) is 5.69 Å². The lowest BCUT2D eigenvalue weighted by atomic mass is 9.99. The van der Waals surface area contributed by atoms with Crippen molar-refractivity contribution in [1.29, 1.82) is 0 Å². The molecule has 0 unspecified atom stereocenters. The summed E-state index contributed by atoms with van der Waals surface area (Å²) in [6, 6.07) is 22.3. The highest BCUT2D eigenvalue weighted by Gasteiger charge is 2.29. The van der Waals surface area contributed by atoms with Crippen molar-refractivity contribution in [1.82, 2.24) is 10.2 Å². The van der Waals surface area contributed by atoms with Gasteiger partial charge in [0.05, 0.1) is 17.1 Å². The number of carbonyl (C=O) groups is 2. The van der Waals surface area contributed by atoms with E-state index in [4.69, 9.17) is 0 Å². The van der Waals surface area contributed by atoms with Crippen LogP contribution in [0, 0.1) is 6.92 Å². The molecule has 3 aromatic carbocycles. The lowest BCUT2D eigenvalue weighted by Crippen LogP contribution is -2.35. The maximum atomic E-state index is 13.9. The molecule has 0 fully saturated rings. The fourth-order valence-electron chi connectivity index (χ4n) is 5.32. The van der Waals surface area contributed by atoms with Gasteiger partial charge in [-0.05, 0) is 86.3 Å². The highest BCUT2D eigenvalue weighted by Crippen LogP contribution is 2.43. The zero-order valence-electron chi connectivity index (χ0n) is 24.9. The number of amides is 2. The number of hydrogen-bond acceptors (Lipinski definition) is 4. The minimum atomic E-state index is -0.0455. The number of fused-ring (bicyclic) bond motifs is 1. The van der Waals surface area contributed by atoms with Crippen molar-refractivity contribution >= 4 is 35.3 Å². The van der Waals surface area contributed by atoms with Gasteiger partial charge >= 0.3 is 0 Å². The van der Waals surface area contributed by atoms with Crippen LogP contribution in [0.3, 0.4) is 0 Å².